The number of carbonyl (C=O) groups is 2. The molecule has 2 heterocycles. The summed E-state index contributed by atoms with van der Waals surface area (Å²) >= 11 is 2.99. The van der Waals surface area contributed by atoms with Gasteiger partial charge in [-0.15, -0.1) is 22.7 Å². The van der Waals surface area contributed by atoms with E-state index in [0.29, 0.717) is 17.2 Å². The molecule has 0 saturated carbocycles. The summed E-state index contributed by atoms with van der Waals surface area (Å²) in [7, 11) is 0. The number of nitrogens with zero attached hydrogens (tertiary/aromatic N) is 1. The molecule has 0 spiro atoms. The number of nitrogens with one attached hydrogen (secondary N) is 1. The summed E-state index contributed by atoms with van der Waals surface area (Å²) in [6, 6.07) is 11.3. The van der Waals surface area contributed by atoms with Gasteiger partial charge in [-0.25, -0.2) is 4.98 Å². The molecule has 2 aromatic heterocycles. The highest BCUT2D eigenvalue weighted by Gasteiger charge is 2.13. The largest absolute Gasteiger partial charge is 0.484 e. The number of aromatic nitrogens is 1. The fraction of sp³-hybridized carbons (Fsp3) is 0.211. The van der Waals surface area contributed by atoms with Crippen LogP contribution in [-0.4, -0.2) is 23.3 Å². The Morgan fingerprint density at radius 1 is 1.19 bits per heavy atom. The van der Waals surface area contributed by atoms with Gasteiger partial charge in [-0.2, -0.15) is 0 Å². The molecule has 26 heavy (non-hydrogen) atoms. The van der Waals surface area contributed by atoms with Crippen molar-refractivity contribution in [1.29, 1.82) is 0 Å². The first-order valence-electron chi connectivity index (χ1n) is 8.03. The van der Waals surface area contributed by atoms with Gasteiger partial charge in [0.2, 0.25) is 0 Å². The van der Waals surface area contributed by atoms with Crippen molar-refractivity contribution >= 4 is 34.4 Å². The third-order valence-electron chi connectivity index (χ3n) is 3.63. The fourth-order valence-electron chi connectivity index (χ4n) is 2.34. The first-order chi connectivity index (χ1) is 12.5. The standard InChI is InChI=1S/C19H18N2O3S2/c1-12-18(13(2)22)26-19(21-12)14-5-7-15(8-6-14)24-11-17(23)20-10-16-4-3-9-25-16/h3-9H,10-11H2,1-2H3,(H,20,23). The summed E-state index contributed by atoms with van der Waals surface area (Å²) in [5.74, 6) is 0.476. The van der Waals surface area contributed by atoms with Crippen LogP contribution in [0.15, 0.2) is 41.8 Å². The Hall–Kier alpha value is -2.51. The molecule has 1 N–H and O–H groups in total. The minimum Gasteiger partial charge on any atom is -0.484 e. The van der Waals surface area contributed by atoms with E-state index in [1.54, 1.807) is 30.4 Å². The smallest absolute Gasteiger partial charge is 0.258 e. The second kappa shape index (κ2) is 8.25. The Bertz CT molecular complexity index is 900. The van der Waals surface area contributed by atoms with Crippen LogP contribution in [0, 0.1) is 6.92 Å². The van der Waals surface area contributed by atoms with Crippen molar-refractivity contribution in [3.05, 3.63) is 57.2 Å². The van der Waals surface area contributed by atoms with E-state index in [0.717, 1.165) is 21.1 Å². The average molecular weight is 386 g/mol. The van der Waals surface area contributed by atoms with Crippen LogP contribution in [0.3, 0.4) is 0 Å². The highest BCUT2D eigenvalue weighted by atomic mass is 32.1. The lowest BCUT2D eigenvalue weighted by molar-refractivity contribution is -0.123. The lowest BCUT2D eigenvalue weighted by Crippen LogP contribution is -2.28. The number of Topliss-reactive ketones (excluding diaryl/α,β-unsaturated/α-hetero) is 1. The summed E-state index contributed by atoms with van der Waals surface area (Å²) in [5, 5.41) is 5.59. The van der Waals surface area contributed by atoms with Crippen LogP contribution < -0.4 is 10.1 Å². The van der Waals surface area contributed by atoms with Gasteiger partial charge >= 0.3 is 0 Å². The van der Waals surface area contributed by atoms with Gasteiger partial charge in [0.15, 0.2) is 12.4 Å². The van der Waals surface area contributed by atoms with Crippen molar-refractivity contribution in [2.75, 3.05) is 6.61 Å². The molecule has 0 aliphatic heterocycles. The predicted molar refractivity (Wildman–Crippen MR) is 104 cm³/mol. The highest BCUT2D eigenvalue weighted by molar-refractivity contribution is 7.17. The second-order valence-corrected chi connectivity index (χ2v) is 7.69. The maximum Gasteiger partial charge on any atom is 0.258 e. The Morgan fingerprint density at radius 3 is 2.58 bits per heavy atom. The van der Waals surface area contributed by atoms with Gasteiger partial charge in [0, 0.05) is 17.4 Å². The van der Waals surface area contributed by atoms with E-state index in [-0.39, 0.29) is 18.3 Å². The second-order valence-electron chi connectivity index (χ2n) is 5.66. The first-order valence-corrected chi connectivity index (χ1v) is 9.73. The van der Waals surface area contributed by atoms with Gasteiger partial charge in [0.05, 0.1) is 17.1 Å². The van der Waals surface area contributed by atoms with Gasteiger partial charge in [-0.1, -0.05) is 6.07 Å². The molecule has 3 rings (SSSR count). The number of thiazole rings is 1. The van der Waals surface area contributed by atoms with E-state index in [2.05, 4.69) is 10.3 Å². The van der Waals surface area contributed by atoms with E-state index in [4.69, 9.17) is 4.74 Å². The third-order valence-corrected chi connectivity index (χ3v) is 5.81. The number of aryl methyl sites for hydroxylation is 1. The fourth-order valence-corrected chi connectivity index (χ4v) is 3.95. The van der Waals surface area contributed by atoms with Gasteiger partial charge in [-0.05, 0) is 42.6 Å². The molecule has 0 radical (unpaired) electrons. The van der Waals surface area contributed by atoms with E-state index in [1.807, 2.05) is 36.6 Å². The summed E-state index contributed by atoms with van der Waals surface area (Å²) < 4.78 is 5.52. The maximum atomic E-state index is 11.8. The molecule has 5 nitrogen and oxygen atoms in total. The van der Waals surface area contributed by atoms with Crippen LogP contribution in [0.1, 0.15) is 27.2 Å². The average Bonchev–Trinajstić information content (AvgIpc) is 3.28. The lowest BCUT2D eigenvalue weighted by Gasteiger charge is -2.07. The van der Waals surface area contributed by atoms with Crippen molar-refractivity contribution in [3.63, 3.8) is 0 Å². The van der Waals surface area contributed by atoms with Gasteiger partial charge in [0.1, 0.15) is 10.8 Å². The van der Waals surface area contributed by atoms with Crippen molar-refractivity contribution in [2.45, 2.75) is 20.4 Å². The minimum atomic E-state index is -0.163. The van der Waals surface area contributed by atoms with E-state index >= 15 is 0 Å². The van der Waals surface area contributed by atoms with Gasteiger partial charge in [0.25, 0.3) is 5.91 Å². The van der Waals surface area contributed by atoms with Crippen molar-refractivity contribution in [2.24, 2.45) is 0 Å². The molecule has 134 valence electrons. The Morgan fingerprint density at radius 2 is 1.96 bits per heavy atom. The van der Waals surface area contributed by atoms with E-state index in [9.17, 15) is 9.59 Å². The SMILES string of the molecule is CC(=O)c1sc(-c2ccc(OCC(=O)NCc3cccs3)cc2)nc1C. The number of hydrogen-bond acceptors (Lipinski definition) is 6. The zero-order valence-corrected chi connectivity index (χ0v) is 16.1. The Kier molecular flexibility index (Phi) is 5.80. The molecule has 1 amide bonds. The van der Waals surface area contributed by atoms with E-state index < -0.39 is 0 Å². The lowest BCUT2D eigenvalue weighted by atomic mass is 10.2. The predicted octanol–water partition coefficient (Wildman–Crippen LogP) is 4.08. The van der Waals surface area contributed by atoms with Crippen LogP contribution in [0.2, 0.25) is 0 Å². The number of ether oxygens (including phenoxy) is 1. The molecule has 0 atom stereocenters. The molecule has 3 aromatic rings. The first kappa shape index (κ1) is 18.3. The zero-order valence-electron chi connectivity index (χ0n) is 14.4. The van der Waals surface area contributed by atoms with Crippen LogP contribution in [0.5, 0.6) is 5.75 Å². The highest BCUT2D eigenvalue weighted by Crippen LogP contribution is 2.29. The molecule has 0 unspecified atom stereocenters. The number of ketones is 1. The summed E-state index contributed by atoms with van der Waals surface area (Å²) in [6.07, 6.45) is 0. The third kappa shape index (κ3) is 4.56. The van der Waals surface area contributed by atoms with Crippen molar-refractivity contribution in [1.82, 2.24) is 10.3 Å². The number of thiophene rings is 1. The van der Waals surface area contributed by atoms with Crippen molar-refractivity contribution in [3.8, 4) is 16.3 Å². The van der Waals surface area contributed by atoms with Crippen LogP contribution in [0.4, 0.5) is 0 Å². The molecule has 1 aromatic carbocycles. The van der Waals surface area contributed by atoms with Crippen LogP contribution in [0.25, 0.3) is 10.6 Å². The minimum absolute atomic E-state index is 0.0276. The summed E-state index contributed by atoms with van der Waals surface area (Å²) in [4.78, 5) is 29.6. The molecular weight excluding hydrogens is 368 g/mol. The molecule has 0 fully saturated rings. The van der Waals surface area contributed by atoms with Crippen LogP contribution >= 0.6 is 22.7 Å². The molecular formula is C19H18N2O3S2. The van der Waals surface area contributed by atoms with Crippen molar-refractivity contribution < 1.29 is 14.3 Å². The normalized spacial score (nSPS) is 10.5. The quantitative estimate of drug-likeness (QED) is 0.621. The number of rotatable bonds is 7. The zero-order chi connectivity index (χ0) is 18.5. The van der Waals surface area contributed by atoms with Gasteiger partial charge < -0.3 is 10.1 Å². The summed E-state index contributed by atoms with van der Waals surface area (Å²) in [5.41, 5.74) is 1.67. The van der Waals surface area contributed by atoms with Crippen LogP contribution in [-0.2, 0) is 11.3 Å². The molecule has 7 heteroatoms. The molecule has 0 saturated heterocycles. The van der Waals surface area contributed by atoms with E-state index in [1.165, 1.54) is 11.3 Å². The topological polar surface area (TPSA) is 68.3 Å². The molecule has 0 aliphatic carbocycles. The number of carbonyl (C=O) groups excluding carboxylic acids is 2. The Balaban J connectivity index is 1.55. The monoisotopic (exact) mass is 386 g/mol. The van der Waals surface area contributed by atoms with Gasteiger partial charge in [-0.3, -0.25) is 9.59 Å². The number of amides is 1. The molecule has 0 bridgehead atoms. The summed E-state index contributed by atoms with van der Waals surface area (Å²) in [6.45, 7) is 3.87. The Labute approximate surface area is 159 Å². The maximum absolute atomic E-state index is 11.8. The number of benzene rings is 1. The molecule has 0 aliphatic rings. The number of hydrogen-bond donors (Lipinski definition) is 1.